The molecule has 158 valence electrons. The molecule has 0 radical (unpaired) electrons. The summed E-state index contributed by atoms with van der Waals surface area (Å²) in [6.07, 6.45) is 6.08. The summed E-state index contributed by atoms with van der Waals surface area (Å²) in [5.41, 5.74) is 2.28. The minimum atomic E-state index is -0.176. The summed E-state index contributed by atoms with van der Waals surface area (Å²) in [6, 6.07) is 8.58. The first-order chi connectivity index (χ1) is 14.6. The fraction of sp³-hybridized carbons (Fsp3) is 0.583. The third-order valence-electron chi connectivity index (χ3n) is 7.75. The molecular weight excluding hydrogens is 376 g/mol. The van der Waals surface area contributed by atoms with Gasteiger partial charge in [0.15, 0.2) is 5.82 Å². The molecule has 6 heteroatoms. The van der Waals surface area contributed by atoms with Crippen molar-refractivity contribution in [3.63, 3.8) is 0 Å². The Kier molecular flexibility index (Phi) is 4.04. The number of pyridine rings is 1. The lowest BCUT2D eigenvalue weighted by molar-refractivity contribution is -0.133. The van der Waals surface area contributed by atoms with E-state index >= 15 is 0 Å². The van der Waals surface area contributed by atoms with Crippen LogP contribution in [-0.4, -0.2) is 53.2 Å². The van der Waals surface area contributed by atoms with Gasteiger partial charge in [0.05, 0.1) is 24.6 Å². The van der Waals surface area contributed by atoms with Crippen LogP contribution in [0.2, 0.25) is 0 Å². The molecule has 6 rings (SSSR count). The van der Waals surface area contributed by atoms with Crippen molar-refractivity contribution >= 4 is 11.6 Å². The van der Waals surface area contributed by atoms with Gasteiger partial charge in [-0.1, -0.05) is 13.8 Å². The Morgan fingerprint density at radius 1 is 1.27 bits per heavy atom. The van der Waals surface area contributed by atoms with Crippen LogP contribution in [0.3, 0.4) is 0 Å². The summed E-state index contributed by atoms with van der Waals surface area (Å²) in [7, 11) is 0. The quantitative estimate of drug-likeness (QED) is 0.783. The minimum Gasteiger partial charge on any atom is -0.381 e. The van der Waals surface area contributed by atoms with E-state index in [4.69, 9.17) is 9.72 Å². The van der Waals surface area contributed by atoms with Crippen LogP contribution in [0.5, 0.6) is 0 Å². The monoisotopic (exact) mass is 406 g/mol. The third kappa shape index (κ3) is 2.52. The second-order valence-electron chi connectivity index (χ2n) is 9.88. The Morgan fingerprint density at radius 3 is 2.90 bits per heavy atom. The predicted molar refractivity (Wildman–Crippen MR) is 115 cm³/mol. The molecule has 6 nitrogen and oxygen atoms in total. The average Bonchev–Trinajstić information content (AvgIpc) is 3.23. The van der Waals surface area contributed by atoms with Crippen LogP contribution in [0.25, 0.3) is 5.82 Å². The van der Waals surface area contributed by atoms with E-state index in [9.17, 15) is 4.79 Å². The first-order valence-corrected chi connectivity index (χ1v) is 11.4. The lowest BCUT2D eigenvalue weighted by Crippen LogP contribution is -2.53. The molecule has 0 N–H and O–H groups in total. The van der Waals surface area contributed by atoms with Gasteiger partial charge in [0.25, 0.3) is 0 Å². The van der Waals surface area contributed by atoms with Gasteiger partial charge in [-0.2, -0.15) is 0 Å². The van der Waals surface area contributed by atoms with E-state index < -0.39 is 0 Å². The van der Waals surface area contributed by atoms with Crippen molar-refractivity contribution in [1.82, 2.24) is 14.5 Å². The third-order valence-corrected chi connectivity index (χ3v) is 7.75. The van der Waals surface area contributed by atoms with Crippen LogP contribution in [0.4, 0.5) is 5.69 Å². The van der Waals surface area contributed by atoms with E-state index in [1.165, 1.54) is 11.4 Å². The molecule has 4 aliphatic rings. The van der Waals surface area contributed by atoms with Gasteiger partial charge in [-0.05, 0) is 54.9 Å². The summed E-state index contributed by atoms with van der Waals surface area (Å²) in [5, 5.41) is 0. The van der Waals surface area contributed by atoms with Gasteiger partial charge in [-0.25, -0.2) is 4.98 Å². The normalized spacial score (nSPS) is 31.2. The highest BCUT2D eigenvalue weighted by atomic mass is 16.5. The molecule has 2 unspecified atom stereocenters. The molecule has 2 saturated heterocycles. The molecule has 5 heterocycles. The fourth-order valence-corrected chi connectivity index (χ4v) is 6.05. The number of anilines is 1. The van der Waals surface area contributed by atoms with Gasteiger partial charge in [0, 0.05) is 37.9 Å². The Labute approximate surface area is 177 Å². The summed E-state index contributed by atoms with van der Waals surface area (Å²) < 4.78 is 7.76. The number of aromatic nitrogens is 2. The number of likely N-dealkylation sites (tertiary alicyclic amines) is 1. The van der Waals surface area contributed by atoms with E-state index in [1.807, 2.05) is 12.3 Å². The maximum atomic E-state index is 13.3. The van der Waals surface area contributed by atoms with E-state index in [-0.39, 0.29) is 11.5 Å². The van der Waals surface area contributed by atoms with Crippen LogP contribution in [-0.2, 0) is 15.1 Å². The van der Waals surface area contributed by atoms with Crippen molar-refractivity contribution in [2.75, 3.05) is 37.7 Å². The number of amides is 1. The predicted octanol–water partition coefficient (Wildman–Crippen LogP) is 3.06. The second-order valence-corrected chi connectivity index (χ2v) is 9.88. The lowest BCUT2D eigenvalue weighted by Gasteiger charge is -2.47. The number of hydrogen-bond donors (Lipinski definition) is 0. The second kappa shape index (κ2) is 6.58. The van der Waals surface area contributed by atoms with Crippen LogP contribution < -0.4 is 4.90 Å². The summed E-state index contributed by atoms with van der Waals surface area (Å²) >= 11 is 0. The van der Waals surface area contributed by atoms with E-state index in [2.05, 4.69) is 52.6 Å². The molecule has 30 heavy (non-hydrogen) atoms. The van der Waals surface area contributed by atoms with Crippen molar-refractivity contribution in [3.05, 3.63) is 42.4 Å². The molecular formula is C24H30N4O2. The molecule has 1 amide bonds. The molecule has 1 spiro atoms. The largest absolute Gasteiger partial charge is 0.381 e. The maximum absolute atomic E-state index is 13.3. The summed E-state index contributed by atoms with van der Waals surface area (Å²) in [6.45, 7) is 8.66. The van der Waals surface area contributed by atoms with Crippen molar-refractivity contribution in [3.8, 4) is 5.82 Å². The van der Waals surface area contributed by atoms with Crippen molar-refractivity contribution in [1.29, 1.82) is 0 Å². The van der Waals surface area contributed by atoms with E-state index in [0.717, 1.165) is 51.5 Å². The molecule has 1 saturated carbocycles. The summed E-state index contributed by atoms with van der Waals surface area (Å²) in [4.78, 5) is 22.8. The topological polar surface area (TPSA) is 50.6 Å². The highest BCUT2D eigenvalue weighted by Crippen LogP contribution is 2.53. The first kappa shape index (κ1) is 18.4. The van der Waals surface area contributed by atoms with Crippen molar-refractivity contribution in [2.24, 2.45) is 23.7 Å². The molecule has 0 bridgehead atoms. The number of hydrogen-bond acceptors (Lipinski definition) is 4. The molecule has 2 aromatic rings. The molecule has 2 aromatic heterocycles. The van der Waals surface area contributed by atoms with Crippen molar-refractivity contribution in [2.45, 2.75) is 32.2 Å². The zero-order valence-corrected chi connectivity index (χ0v) is 17.8. The van der Waals surface area contributed by atoms with E-state index in [0.29, 0.717) is 23.7 Å². The standard InChI is InChI=1S/C24H30N4O2/c1-16(2)7-11-28-19-5-3-9-25-22(19)27-10-4-6-20(27)24(28)8-12-26(15-24)23(29)21-17-13-30-14-18(17)21/h3-6,9-10,16-18,21H,7-8,11-15H2,1-2H3/t17-,18+,21?,24?. The Hall–Kier alpha value is -2.34. The Bertz CT molecular complexity index is 975. The number of rotatable bonds is 4. The SMILES string of the molecule is CC(C)CCN1c2cccnc2-n2cccc2C12CCN(C(=O)C1[C@H]3COC[C@@H]13)C2. The van der Waals surface area contributed by atoms with Gasteiger partial charge in [0.1, 0.15) is 5.54 Å². The Balaban J connectivity index is 1.37. The smallest absolute Gasteiger partial charge is 0.226 e. The van der Waals surface area contributed by atoms with Crippen LogP contribution >= 0.6 is 0 Å². The van der Waals surface area contributed by atoms with Gasteiger partial charge in [-0.3, -0.25) is 4.79 Å². The number of fused-ring (bicyclic) bond motifs is 5. The van der Waals surface area contributed by atoms with E-state index in [1.54, 1.807) is 0 Å². The highest BCUT2D eigenvalue weighted by molar-refractivity contribution is 5.83. The minimum absolute atomic E-state index is 0.176. The number of nitrogens with zero attached hydrogens (tertiary/aromatic N) is 4. The molecule has 4 atom stereocenters. The van der Waals surface area contributed by atoms with Gasteiger partial charge in [-0.15, -0.1) is 0 Å². The van der Waals surface area contributed by atoms with Gasteiger partial charge < -0.3 is 19.1 Å². The van der Waals surface area contributed by atoms with Gasteiger partial charge >= 0.3 is 0 Å². The van der Waals surface area contributed by atoms with Crippen LogP contribution in [0.1, 0.15) is 32.4 Å². The maximum Gasteiger partial charge on any atom is 0.226 e. The van der Waals surface area contributed by atoms with Crippen LogP contribution in [0.15, 0.2) is 36.7 Å². The Morgan fingerprint density at radius 2 is 2.10 bits per heavy atom. The number of carbonyl (C=O) groups excluding carboxylic acids is 1. The molecule has 0 aromatic carbocycles. The lowest BCUT2D eigenvalue weighted by atomic mass is 9.88. The molecule has 1 aliphatic carbocycles. The number of ether oxygens (including phenoxy) is 1. The highest BCUT2D eigenvalue weighted by Gasteiger charge is 2.60. The zero-order valence-electron chi connectivity index (χ0n) is 17.8. The first-order valence-electron chi connectivity index (χ1n) is 11.4. The summed E-state index contributed by atoms with van der Waals surface area (Å²) in [5.74, 6) is 3.11. The van der Waals surface area contributed by atoms with Crippen molar-refractivity contribution < 1.29 is 9.53 Å². The zero-order chi connectivity index (χ0) is 20.5. The fourth-order valence-electron chi connectivity index (χ4n) is 6.05. The number of carbonyl (C=O) groups is 1. The average molecular weight is 407 g/mol. The van der Waals surface area contributed by atoms with Gasteiger partial charge in [0.2, 0.25) is 5.91 Å². The molecule has 3 fully saturated rings. The molecule has 3 aliphatic heterocycles. The van der Waals surface area contributed by atoms with Crippen LogP contribution in [0, 0.1) is 23.7 Å².